The van der Waals surface area contributed by atoms with Crippen LogP contribution in [-0.4, -0.2) is 22.8 Å². The molecule has 0 radical (unpaired) electrons. The number of hydrogen-bond donors (Lipinski definition) is 3. The molecule has 2 aromatic rings. The first-order valence-electron chi connectivity index (χ1n) is 8.29. The molecule has 1 aromatic heterocycles. The summed E-state index contributed by atoms with van der Waals surface area (Å²) in [6, 6.07) is 10.1. The quantitative estimate of drug-likeness (QED) is 0.720. The monoisotopic (exact) mass is 340 g/mol. The van der Waals surface area contributed by atoms with E-state index < -0.39 is 6.04 Å². The van der Waals surface area contributed by atoms with Crippen LogP contribution in [-0.2, 0) is 11.3 Å². The van der Waals surface area contributed by atoms with Crippen LogP contribution in [0.25, 0.3) is 0 Å². The molecule has 2 rings (SSSR count). The molecule has 2 amide bonds. The summed E-state index contributed by atoms with van der Waals surface area (Å²) in [5.74, 6) is 0.00741. The second kappa shape index (κ2) is 8.94. The molecule has 0 unspecified atom stereocenters. The fourth-order valence-corrected chi connectivity index (χ4v) is 2.35. The highest BCUT2D eigenvalue weighted by Gasteiger charge is 2.14. The largest absolute Gasteiger partial charge is 0.351 e. The zero-order chi connectivity index (χ0) is 18.2. The molecule has 6 heteroatoms. The topological polar surface area (TPSA) is 97.1 Å². The van der Waals surface area contributed by atoms with E-state index in [1.54, 1.807) is 36.7 Å². The van der Waals surface area contributed by atoms with E-state index in [1.807, 2.05) is 26.0 Å². The zero-order valence-electron chi connectivity index (χ0n) is 14.5. The summed E-state index contributed by atoms with van der Waals surface area (Å²) in [5.41, 5.74) is 7.93. The molecule has 0 saturated heterocycles. The summed E-state index contributed by atoms with van der Waals surface area (Å²) < 4.78 is 0. The molecule has 0 aliphatic carbocycles. The van der Waals surface area contributed by atoms with E-state index >= 15 is 0 Å². The first-order valence-corrected chi connectivity index (χ1v) is 8.29. The highest BCUT2D eigenvalue weighted by atomic mass is 16.2. The molecule has 0 spiro atoms. The van der Waals surface area contributed by atoms with Gasteiger partial charge in [0.25, 0.3) is 5.91 Å². The van der Waals surface area contributed by atoms with Crippen LogP contribution in [0.15, 0.2) is 48.8 Å². The Morgan fingerprint density at radius 2 is 1.88 bits per heavy atom. The second-order valence-electron chi connectivity index (χ2n) is 6.35. The van der Waals surface area contributed by atoms with E-state index in [0.29, 0.717) is 30.1 Å². The normalized spacial score (nSPS) is 11.8. The molecular weight excluding hydrogens is 316 g/mol. The van der Waals surface area contributed by atoms with Gasteiger partial charge in [-0.15, -0.1) is 0 Å². The summed E-state index contributed by atoms with van der Waals surface area (Å²) in [4.78, 5) is 28.0. The van der Waals surface area contributed by atoms with E-state index in [4.69, 9.17) is 5.73 Å². The fraction of sp³-hybridized carbons (Fsp3) is 0.316. The maximum absolute atomic E-state index is 12.2. The summed E-state index contributed by atoms with van der Waals surface area (Å²) in [7, 11) is 0. The molecular formula is C19H24N4O2. The van der Waals surface area contributed by atoms with Crippen LogP contribution in [0.2, 0.25) is 0 Å². The minimum absolute atomic E-state index is 0.160. The number of amides is 2. The Kier molecular flexibility index (Phi) is 6.65. The van der Waals surface area contributed by atoms with Gasteiger partial charge in [-0.1, -0.05) is 26.0 Å². The molecule has 1 aromatic carbocycles. The second-order valence-corrected chi connectivity index (χ2v) is 6.35. The number of hydrogen-bond acceptors (Lipinski definition) is 4. The lowest BCUT2D eigenvalue weighted by atomic mass is 10.0. The Morgan fingerprint density at radius 3 is 2.48 bits per heavy atom. The van der Waals surface area contributed by atoms with E-state index in [9.17, 15) is 9.59 Å². The van der Waals surface area contributed by atoms with Gasteiger partial charge in [0.15, 0.2) is 0 Å². The summed E-state index contributed by atoms with van der Waals surface area (Å²) in [5, 5.41) is 5.59. The molecule has 25 heavy (non-hydrogen) atoms. The third kappa shape index (κ3) is 6.00. The number of nitrogens with two attached hydrogens (primary N) is 1. The number of aromatic nitrogens is 1. The highest BCUT2D eigenvalue weighted by Crippen LogP contribution is 2.09. The summed E-state index contributed by atoms with van der Waals surface area (Å²) in [6.45, 7) is 4.44. The van der Waals surface area contributed by atoms with Crippen molar-refractivity contribution in [1.29, 1.82) is 0 Å². The minimum Gasteiger partial charge on any atom is -0.351 e. The number of nitrogens with one attached hydrogen (secondary N) is 2. The Labute approximate surface area is 147 Å². The van der Waals surface area contributed by atoms with Gasteiger partial charge in [0.1, 0.15) is 0 Å². The van der Waals surface area contributed by atoms with Crippen molar-refractivity contribution >= 4 is 17.5 Å². The highest BCUT2D eigenvalue weighted by molar-refractivity contribution is 6.04. The van der Waals surface area contributed by atoms with Gasteiger partial charge in [0.2, 0.25) is 5.91 Å². The van der Waals surface area contributed by atoms with E-state index in [2.05, 4.69) is 15.6 Å². The maximum Gasteiger partial charge on any atom is 0.255 e. The van der Waals surface area contributed by atoms with Crippen molar-refractivity contribution in [2.24, 2.45) is 11.7 Å². The van der Waals surface area contributed by atoms with Crippen LogP contribution in [0.1, 0.15) is 36.2 Å². The smallest absolute Gasteiger partial charge is 0.255 e. The van der Waals surface area contributed by atoms with Gasteiger partial charge >= 0.3 is 0 Å². The predicted octanol–water partition coefficient (Wildman–Crippen LogP) is 2.32. The van der Waals surface area contributed by atoms with Gasteiger partial charge in [-0.2, -0.15) is 0 Å². The Morgan fingerprint density at radius 1 is 1.16 bits per heavy atom. The molecule has 0 aliphatic rings. The van der Waals surface area contributed by atoms with Crippen molar-refractivity contribution in [2.45, 2.75) is 32.9 Å². The summed E-state index contributed by atoms with van der Waals surface area (Å²) in [6.07, 6.45) is 3.88. The van der Waals surface area contributed by atoms with Gasteiger partial charge in [-0.3, -0.25) is 14.6 Å². The van der Waals surface area contributed by atoms with Gasteiger partial charge in [0, 0.05) is 18.3 Å². The number of rotatable bonds is 7. The van der Waals surface area contributed by atoms with Crippen LogP contribution in [0.3, 0.4) is 0 Å². The Bertz CT molecular complexity index is 699. The lowest BCUT2D eigenvalue weighted by Crippen LogP contribution is -2.41. The van der Waals surface area contributed by atoms with Gasteiger partial charge in [-0.25, -0.2) is 0 Å². The van der Waals surface area contributed by atoms with Crippen LogP contribution in [0, 0.1) is 5.92 Å². The molecule has 132 valence electrons. The number of carbonyl (C=O) groups is 2. The minimum atomic E-state index is -0.496. The standard InChI is InChI=1S/C19H24N4O2/c1-13(2)10-17(20)19(25)22-11-14-5-7-15(8-6-14)18(24)23-16-4-3-9-21-12-16/h3-9,12-13,17H,10-11,20H2,1-2H3,(H,22,25)(H,23,24)/t17-/m0/s1. The predicted molar refractivity (Wildman–Crippen MR) is 97.9 cm³/mol. The Balaban J connectivity index is 1.87. The van der Waals surface area contributed by atoms with Gasteiger partial charge in [-0.05, 0) is 42.2 Å². The van der Waals surface area contributed by atoms with Crippen LogP contribution < -0.4 is 16.4 Å². The molecule has 0 saturated carbocycles. The van der Waals surface area contributed by atoms with Crippen LogP contribution in [0.4, 0.5) is 5.69 Å². The molecule has 0 bridgehead atoms. The molecule has 6 nitrogen and oxygen atoms in total. The third-order valence-corrected chi connectivity index (χ3v) is 3.66. The zero-order valence-corrected chi connectivity index (χ0v) is 14.5. The first kappa shape index (κ1) is 18.6. The van der Waals surface area contributed by atoms with Crippen LogP contribution >= 0.6 is 0 Å². The van der Waals surface area contributed by atoms with Gasteiger partial charge in [0.05, 0.1) is 17.9 Å². The average molecular weight is 340 g/mol. The average Bonchev–Trinajstić information content (AvgIpc) is 2.60. The number of nitrogens with zero attached hydrogens (tertiary/aromatic N) is 1. The van der Waals surface area contributed by atoms with Crippen molar-refractivity contribution < 1.29 is 9.59 Å². The molecule has 4 N–H and O–H groups in total. The molecule has 0 fully saturated rings. The third-order valence-electron chi connectivity index (χ3n) is 3.66. The maximum atomic E-state index is 12.2. The first-order chi connectivity index (χ1) is 12.0. The van der Waals surface area contributed by atoms with E-state index in [0.717, 1.165) is 5.56 Å². The van der Waals surface area contributed by atoms with Crippen molar-refractivity contribution in [1.82, 2.24) is 10.3 Å². The SMILES string of the molecule is CC(C)C[C@H](N)C(=O)NCc1ccc(C(=O)Nc2cccnc2)cc1. The van der Waals surface area contributed by atoms with Gasteiger partial charge < -0.3 is 16.4 Å². The lowest BCUT2D eigenvalue weighted by Gasteiger charge is -2.14. The van der Waals surface area contributed by atoms with E-state index in [1.165, 1.54) is 0 Å². The number of pyridine rings is 1. The number of anilines is 1. The summed E-state index contributed by atoms with van der Waals surface area (Å²) >= 11 is 0. The van der Waals surface area contributed by atoms with Crippen molar-refractivity contribution in [3.63, 3.8) is 0 Å². The number of carbonyl (C=O) groups excluding carboxylic acids is 2. The van der Waals surface area contributed by atoms with Crippen LogP contribution in [0.5, 0.6) is 0 Å². The van der Waals surface area contributed by atoms with Crippen molar-refractivity contribution in [3.8, 4) is 0 Å². The molecule has 1 heterocycles. The molecule has 0 aliphatic heterocycles. The number of benzene rings is 1. The van der Waals surface area contributed by atoms with Crippen molar-refractivity contribution in [3.05, 3.63) is 59.9 Å². The lowest BCUT2D eigenvalue weighted by molar-refractivity contribution is -0.122. The van der Waals surface area contributed by atoms with Crippen molar-refractivity contribution in [2.75, 3.05) is 5.32 Å². The van der Waals surface area contributed by atoms with E-state index in [-0.39, 0.29) is 11.8 Å². The molecule has 1 atom stereocenters. The fourth-order valence-electron chi connectivity index (χ4n) is 2.35. The Hall–Kier alpha value is -2.73.